The Morgan fingerprint density at radius 1 is 1.43 bits per heavy atom. The van der Waals surface area contributed by atoms with Gasteiger partial charge in [0.25, 0.3) is 0 Å². The summed E-state index contributed by atoms with van der Waals surface area (Å²) in [4.78, 5) is 0. The Kier molecular flexibility index (Phi) is 5.21. The lowest BCUT2D eigenvalue weighted by Gasteiger charge is -2.26. The Hall–Kier alpha value is -0.330. The van der Waals surface area contributed by atoms with E-state index in [-0.39, 0.29) is 0 Å². The minimum Gasteiger partial charge on any atom is -0.381 e. The number of methoxy groups -OCH3 is 1. The number of rotatable bonds is 4. The summed E-state index contributed by atoms with van der Waals surface area (Å²) in [6.07, 6.45) is 10.0. The highest BCUT2D eigenvalue weighted by Crippen LogP contribution is 2.26. The fourth-order valence-electron chi connectivity index (χ4n) is 1.95. The van der Waals surface area contributed by atoms with E-state index in [0.717, 1.165) is 31.4 Å². The maximum atomic E-state index is 11.4. The van der Waals surface area contributed by atoms with Gasteiger partial charge >= 0.3 is 0 Å². The van der Waals surface area contributed by atoms with Crippen LogP contribution in [0.4, 0.5) is 0 Å². The van der Waals surface area contributed by atoms with Crippen LogP contribution in [0.3, 0.4) is 0 Å². The number of hydrogen-bond donors (Lipinski definition) is 0. The van der Waals surface area contributed by atoms with Gasteiger partial charge in [-0.1, -0.05) is 5.92 Å². The molecule has 0 amide bonds. The first-order chi connectivity index (χ1) is 6.76. The molecule has 3 heteroatoms. The first-order valence-corrected chi connectivity index (χ1v) is 6.56. The summed E-state index contributed by atoms with van der Waals surface area (Å²) in [5, 5.41) is 0. The van der Waals surface area contributed by atoms with Crippen molar-refractivity contribution >= 4 is 10.8 Å². The first-order valence-electron chi connectivity index (χ1n) is 5.07. The van der Waals surface area contributed by atoms with Crippen LogP contribution in [0.2, 0.25) is 0 Å². The lowest BCUT2D eigenvalue weighted by Crippen LogP contribution is -2.24. The SMILES string of the molecule is C#CCS(=O)CC1CCC(OC)CC1. The Labute approximate surface area is 88.9 Å². The molecule has 0 aromatic heterocycles. The molecular formula is C11H18O2S. The van der Waals surface area contributed by atoms with Crippen LogP contribution in [0, 0.1) is 18.3 Å². The van der Waals surface area contributed by atoms with E-state index in [0.29, 0.717) is 17.8 Å². The summed E-state index contributed by atoms with van der Waals surface area (Å²) in [6, 6.07) is 0. The third-order valence-electron chi connectivity index (χ3n) is 2.79. The van der Waals surface area contributed by atoms with E-state index in [1.165, 1.54) is 0 Å². The predicted octanol–water partition coefficient (Wildman–Crippen LogP) is 1.57. The second-order valence-electron chi connectivity index (χ2n) is 3.83. The molecule has 0 bridgehead atoms. The highest BCUT2D eigenvalue weighted by molar-refractivity contribution is 7.85. The Morgan fingerprint density at radius 2 is 2.07 bits per heavy atom. The zero-order valence-electron chi connectivity index (χ0n) is 8.70. The second kappa shape index (κ2) is 6.21. The third kappa shape index (κ3) is 3.81. The molecule has 14 heavy (non-hydrogen) atoms. The van der Waals surface area contributed by atoms with Gasteiger partial charge in [0.15, 0.2) is 0 Å². The van der Waals surface area contributed by atoms with E-state index < -0.39 is 10.8 Å². The van der Waals surface area contributed by atoms with Crippen molar-refractivity contribution < 1.29 is 8.95 Å². The van der Waals surface area contributed by atoms with Crippen LogP contribution in [0.1, 0.15) is 25.7 Å². The largest absolute Gasteiger partial charge is 0.381 e. The average molecular weight is 214 g/mol. The molecule has 0 spiro atoms. The van der Waals surface area contributed by atoms with Crippen molar-refractivity contribution in [3.8, 4) is 12.3 Å². The van der Waals surface area contributed by atoms with Gasteiger partial charge in [0.2, 0.25) is 0 Å². The van der Waals surface area contributed by atoms with Crippen LogP contribution in [0.5, 0.6) is 0 Å². The molecule has 1 aliphatic rings. The molecule has 0 radical (unpaired) electrons. The summed E-state index contributed by atoms with van der Waals surface area (Å²) < 4.78 is 16.7. The molecule has 2 nitrogen and oxygen atoms in total. The van der Waals surface area contributed by atoms with E-state index >= 15 is 0 Å². The fourth-order valence-corrected chi connectivity index (χ4v) is 3.11. The van der Waals surface area contributed by atoms with Gasteiger partial charge in [0, 0.05) is 23.7 Å². The molecule has 1 unspecified atom stereocenters. The van der Waals surface area contributed by atoms with Gasteiger partial charge in [-0.05, 0) is 31.6 Å². The van der Waals surface area contributed by atoms with Crippen molar-refractivity contribution in [3.05, 3.63) is 0 Å². The van der Waals surface area contributed by atoms with Gasteiger partial charge in [0.05, 0.1) is 11.9 Å². The predicted molar refractivity (Wildman–Crippen MR) is 59.5 cm³/mol. The standard InChI is InChI=1S/C11H18O2S/c1-3-8-14(12)9-10-4-6-11(13-2)7-5-10/h1,10-11H,4-9H2,2H3. The maximum Gasteiger partial charge on any atom is 0.0844 e. The van der Waals surface area contributed by atoms with Gasteiger partial charge in [-0.15, -0.1) is 6.42 Å². The van der Waals surface area contributed by atoms with Crippen LogP contribution in [-0.2, 0) is 15.5 Å². The Bertz CT molecular complexity index is 224. The van der Waals surface area contributed by atoms with Crippen molar-refractivity contribution in [2.24, 2.45) is 5.92 Å². The van der Waals surface area contributed by atoms with E-state index in [9.17, 15) is 4.21 Å². The van der Waals surface area contributed by atoms with Gasteiger partial charge < -0.3 is 4.74 Å². The maximum absolute atomic E-state index is 11.4. The Balaban J connectivity index is 2.22. The van der Waals surface area contributed by atoms with E-state index in [4.69, 9.17) is 11.2 Å². The topological polar surface area (TPSA) is 26.3 Å². The molecule has 0 aromatic rings. The normalized spacial score (nSPS) is 29.4. The summed E-state index contributed by atoms with van der Waals surface area (Å²) in [5.74, 6) is 4.23. The summed E-state index contributed by atoms with van der Waals surface area (Å²) in [7, 11) is 0.958. The number of hydrogen-bond acceptors (Lipinski definition) is 2. The van der Waals surface area contributed by atoms with Gasteiger partial charge in [-0.3, -0.25) is 4.21 Å². The number of terminal acetylenes is 1. The molecule has 0 saturated heterocycles. The Morgan fingerprint density at radius 3 is 2.57 bits per heavy atom. The summed E-state index contributed by atoms with van der Waals surface area (Å²) in [6.45, 7) is 0. The van der Waals surface area contributed by atoms with Crippen molar-refractivity contribution in [1.29, 1.82) is 0 Å². The lowest BCUT2D eigenvalue weighted by atomic mass is 9.89. The van der Waals surface area contributed by atoms with Crippen LogP contribution >= 0.6 is 0 Å². The van der Waals surface area contributed by atoms with Crippen LogP contribution in [-0.4, -0.2) is 28.9 Å². The van der Waals surface area contributed by atoms with Crippen molar-refractivity contribution in [1.82, 2.24) is 0 Å². The van der Waals surface area contributed by atoms with E-state index in [2.05, 4.69) is 5.92 Å². The van der Waals surface area contributed by atoms with Gasteiger partial charge in [0.1, 0.15) is 0 Å². The summed E-state index contributed by atoms with van der Waals surface area (Å²) >= 11 is 0. The molecule has 1 saturated carbocycles. The van der Waals surface area contributed by atoms with Crippen LogP contribution < -0.4 is 0 Å². The van der Waals surface area contributed by atoms with Crippen molar-refractivity contribution in [3.63, 3.8) is 0 Å². The first kappa shape index (κ1) is 11.7. The fraction of sp³-hybridized carbons (Fsp3) is 0.818. The highest BCUT2D eigenvalue weighted by Gasteiger charge is 2.21. The van der Waals surface area contributed by atoms with Crippen molar-refractivity contribution in [2.75, 3.05) is 18.6 Å². The van der Waals surface area contributed by atoms with Gasteiger partial charge in [-0.2, -0.15) is 0 Å². The molecule has 80 valence electrons. The van der Waals surface area contributed by atoms with Crippen LogP contribution in [0.15, 0.2) is 0 Å². The molecule has 0 aliphatic heterocycles. The quantitative estimate of drug-likeness (QED) is 0.664. The highest BCUT2D eigenvalue weighted by atomic mass is 32.2. The molecule has 1 atom stereocenters. The third-order valence-corrected chi connectivity index (χ3v) is 4.12. The summed E-state index contributed by atoms with van der Waals surface area (Å²) in [5.41, 5.74) is 0. The van der Waals surface area contributed by atoms with Crippen molar-refractivity contribution in [2.45, 2.75) is 31.8 Å². The van der Waals surface area contributed by atoms with E-state index in [1.54, 1.807) is 7.11 Å². The van der Waals surface area contributed by atoms with E-state index in [1.807, 2.05) is 0 Å². The monoisotopic (exact) mass is 214 g/mol. The molecule has 0 heterocycles. The molecule has 1 fully saturated rings. The lowest BCUT2D eigenvalue weighted by molar-refractivity contribution is 0.0598. The smallest absolute Gasteiger partial charge is 0.0844 e. The van der Waals surface area contributed by atoms with Gasteiger partial charge in [-0.25, -0.2) is 0 Å². The molecule has 1 rings (SSSR count). The molecule has 0 N–H and O–H groups in total. The average Bonchev–Trinajstić information content (AvgIpc) is 2.19. The zero-order valence-corrected chi connectivity index (χ0v) is 9.52. The minimum atomic E-state index is -0.808. The zero-order chi connectivity index (χ0) is 10.4. The minimum absolute atomic E-state index is 0.407. The molecular weight excluding hydrogens is 196 g/mol. The second-order valence-corrected chi connectivity index (χ2v) is 5.34. The molecule has 0 aromatic carbocycles. The molecule has 1 aliphatic carbocycles. The van der Waals surface area contributed by atoms with Crippen LogP contribution in [0.25, 0.3) is 0 Å². The number of ether oxygens (including phenoxy) is 1.